The smallest absolute Gasteiger partial charge is 0.234 e. The SMILES string of the molecule is COc1ccc(CCNC(=O)CN2CCC(c3nc4ccccc4[nH]3)CC2)cc1OC. The second-order valence-corrected chi connectivity index (χ2v) is 7.98. The van der Waals surface area contributed by atoms with E-state index in [9.17, 15) is 4.79 Å². The molecule has 0 bridgehead atoms. The Hall–Kier alpha value is -3.06. The molecule has 0 aliphatic carbocycles. The molecule has 0 unspecified atom stereocenters. The topological polar surface area (TPSA) is 79.5 Å². The number of nitrogens with zero attached hydrogens (tertiary/aromatic N) is 2. The Balaban J connectivity index is 1.20. The lowest BCUT2D eigenvalue weighted by atomic mass is 9.96. The van der Waals surface area contributed by atoms with Gasteiger partial charge in [-0.05, 0) is 62.2 Å². The molecule has 7 nitrogen and oxygen atoms in total. The van der Waals surface area contributed by atoms with E-state index in [-0.39, 0.29) is 5.91 Å². The summed E-state index contributed by atoms with van der Waals surface area (Å²) in [6, 6.07) is 14.0. The average molecular weight is 423 g/mol. The maximum atomic E-state index is 12.4. The van der Waals surface area contributed by atoms with Gasteiger partial charge in [-0.15, -0.1) is 0 Å². The molecule has 0 spiro atoms. The van der Waals surface area contributed by atoms with Gasteiger partial charge in [0.05, 0.1) is 31.8 Å². The first-order chi connectivity index (χ1) is 15.2. The number of likely N-dealkylation sites (tertiary alicyclic amines) is 1. The highest BCUT2D eigenvalue weighted by Crippen LogP contribution is 2.28. The fourth-order valence-electron chi connectivity index (χ4n) is 4.17. The van der Waals surface area contributed by atoms with Gasteiger partial charge in [0, 0.05) is 12.5 Å². The number of fused-ring (bicyclic) bond motifs is 1. The van der Waals surface area contributed by atoms with Crippen molar-refractivity contribution >= 4 is 16.9 Å². The first kappa shape index (κ1) is 21.2. The molecule has 2 heterocycles. The van der Waals surface area contributed by atoms with E-state index in [1.54, 1.807) is 14.2 Å². The molecule has 0 saturated carbocycles. The lowest BCUT2D eigenvalue weighted by molar-refractivity contribution is -0.122. The Morgan fingerprint density at radius 2 is 1.90 bits per heavy atom. The van der Waals surface area contributed by atoms with E-state index in [1.165, 1.54) is 0 Å². The normalized spacial score (nSPS) is 15.2. The summed E-state index contributed by atoms with van der Waals surface area (Å²) in [5.74, 6) is 2.99. The number of methoxy groups -OCH3 is 2. The number of hydrogen-bond donors (Lipinski definition) is 2. The third-order valence-electron chi connectivity index (χ3n) is 5.93. The second-order valence-electron chi connectivity index (χ2n) is 7.98. The van der Waals surface area contributed by atoms with E-state index in [0.29, 0.717) is 30.5 Å². The minimum atomic E-state index is 0.0719. The zero-order chi connectivity index (χ0) is 21.6. The van der Waals surface area contributed by atoms with Crippen molar-refractivity contribution in [2.75, 3.05) is 40.4 Å². The number of aromatic nitrogens is 2. The number of nitrogens with one attached hydrogen (secondary N) is 2. The number of para-hydroxylation sites is 2. The fraction of sp³-hybridized carbons (Fsp3) is 0.417. The summed E-state index contributed by atoms with van der Waals surface area (Å²) in [6.07, 6.45) is 2.78. The molecule has 1 aromatic heterocycles. The van der Waals surface area contributed by atoms with Crippen LogP contribution < -0.4 is 14.8 Å². The van der Waals surface area contributed by atoms with E-state index in [0.717, 1.165) is 54.8 Å². The van der Waals surface area contributed by atoms with Gasteiger partial charge in [-0.3, -0.25) is 9.69 Å². The number of piperidine rings is 1. The molecule has 4 rings (SSSR count). The Morgan fingerprint density at radius 1 is 1.13 bits per heavy atom. The van der Waals surface area contributed by atoms with Crippen molar-refractivity contribution in [1.29, 1.82) is 0 Å². The van der Waals surface area contributed by atoms with Crippen molar-refractivity contribution in [3.63, 3.8) is 0 Å². The first-order valence-corrected chi connectivity index (χ1v) is 10.8. The van der Waals surface area contributed by atoms with Crippen LogP contribution in [0.2, 0.25) is 0 Å². The molecular weight excluding hydrogens is 392 g/mol. The van der Waals surface area contributed by atoms with Gasteiger partial charge in [0.2, 0.25) is 5.91 Å². The van der Waals surface area contributed by atoms with Crippen LogP contribution in [-0.2, 0) is 11.2 Å². The van der Waals surface area contributed by atoms with E-state index in [1.807, 2.05) is 36.4 Å². The van der Waals surface area contributed by atoms with Gasteiger partial charge in [0.15, 0.2) is 11.5 Å². The van der Waals surface area contributed by atoms with Crippen molar-refractivity contribution < 1.29 is 14.3 Å². The van der Waals surface area contributed by atoms with Gasteiger partial charge >= 0.3 is 0 Å². The number of hydrogen-bond acceptors (Lipinski definition) is 5. The maximum Gasteiger partial charge on any atom is 0.234 e. The van der Waals surface area contributed by atoms with Crippen LogP contribution in [0.5, 0.6) is 11.5 Å². The van der Waals surface area contributed by atoms with Crippen LogP contribution in [0.1, 0.15) is 30.1 Å². The standard InChI is InChI=1S/C24H30N4O3/c1-30-21-8-7-17(15-22(21)31-2)9-12-25-23(29)16-28-13-10-18(11-14-28)24-26-19-5-3-4-6-20(19)27-24/h3-8,15,18H,9-14,16H2,1-2H3,(H,25,29)(H,26,27). The first-order valence-electron chi connectivity index (χ1n) is 10.8. The number of carbonyl (C=O) groups excluding carboxylic acids is 1. The molecule has 1 amide bonds. The molecule has 7 heteroatoms. The highest BCUT2D eigenvalue weighted by molar-refractivity contribution is 5.78. The van der Waals surface area contributed by atoms with Crippen LogP contribution in [0.4, 0.5) is 0 Å². The Labute approximate surface area is 182 Å². The number of aromatic amines is 1. The van der Waals surface area contributed by atoms with Crippen molar-refractivity contribution in [3.8, 4) is 11.5 Å². The monoisotopic (exact) mass is 422 g/mol. The molecule has 31 heavy (non-hydrogen) atoms. The summed E-state index contributed by atoms with van der Waals surface area (Å²) in [4.78, 5) is 22.8. The number of amides is 1. The van der Waals surface area contributed by atoms with Gasteiger partial charge < -0.3 is 19.8 Å². The molecule has 1 aliphatic heterocycles. The fourth-order valence-corrected chi connectivity index (χ4v) is 4.17. The number of ether oxygens (including phenoxy) is 2. The van der Waals surface area contributed by atoms with Crippen LogP contribution >= 0.6 is 0 Å². The van der Waals surface area contributed by atoms with E-state index in [2.05, 4.69) is 21.3 Å². The molecule has 2 N–H and O–H groups in total. The van der Waals surface area contributed by atoms with E-state index >= 15 is 0 Å². The summed E-state index contributed by atoms with van der Waals surface area (Å²) in [7, 11) is 3.25. The molecule has 2 aromatic carbocycles. The maximum absolute atomic E-state index is 12.4. The average Bonchev–Trinajstić information content (AvgIpc) is 3.23. The van der Waals surface area contributed by atoms with Crippen LogP contribution in [0.3, 0.4) is 0 Å². The van der Waals surface area contributed by atoms with Gasteiger partial charge in [0.1, 0.15) is 5.82 Å². The zero-order valence-electron chi connectivity index (χ0n) is 18.2. The van der Waals surface area contributed by atoms with E-state index in [4.69, 9.17) is 14.5 Å². The third-order valence-corrected chi connectivity index (χ3v) is 5.93. The predicted octanol–water partition coefficient (Wildman–Crippen LogP) is 3.12. The number of benzene rings is 2. The molecule has 164 valence electrons. The summed E-state index contributed by atoms with van der Waals surface area (Å²) in [6.45, 7) is 2.86. The highest BCUT2D eigenvalue weighted by Gasteiger charge is 2.24. The van der Waals surface area contributed by atoms with Gasteiger partial charge in [-0.2, -0.15) is 0 Å². The number of rotatable bonds is 8. The molecule has 3 aromatic rings. The second kappa shape index (κ2) is 9.83. The number of carbonyl (C=O) groups is 1. The van der Waals surface area contributed by atoms with Gasteiger partial charge in [0.25, 0.3) is 0 Å². The molecule has 1 aliphatic rings. The number of imidazole rings is 1. The molecular formula is C24H30N4O3. The van der Waals surface area contributed by atoms with Crippen molar-refractivity contribution in [3.05, 3.63) is 53.9 Å². The van der Waals surface area contributed by atoms with Crippen LogP contribution in [0.25, 0.3) is 11.0 Å². The quantitative estimate of drug-likeness (QED) is 0.583. The Bertz CT molecular complexity index is 992. The van der Waals surface area contributed by atoms with Gasteiger partial charge in [-0.1, -0.05) is 18.2 Å². The minimum Gasteiger partial charge on any atom is -0.493 e. The molecule has 0 atom stereocenters. The predicted molar refractivity (Wildman–Crippen MR) is 121 cm³/mol. The lowest BCUT2D eigenvalue weighted by Gasteiger charge is -2.30. The molecule has 0 radical (unpaired) electrons. The van der Waals surface area contributed by atoms with Gasteiger partial charge in [-0.25, -0.2) is 4.98 Å². The third kappa shape index (κ3) is 5.17. The van der Waals surface area contributed by atoms with Crippen molar-refractivity contribution in [1.82, 2.24) is 20.2 Å². The van der Waals surface area contributed by atoms with Crippen molar-refractivity contribution in [2.45, 2.75) is 25.2 Å². The van der Waals surface area contributed by atoms with Crippen molar-refractivity contribution in [2.24, 2.45) is 0 Å². The summed E-state index contributed by atoms with van der Waals surface area (Å²) >= 11 is 0. The Kier molecular flexibility index (Phi) is 6.72. The molecule has 1 saturated heterocycles. The largest absolute Gasteiger partial charge is 0.493 e. The van der Waals surface area contributed by atoms with E-state index < -0.39 is 0 Å². The Morgan fingerprint density at radius 3 is 2.65 bits per heavy atom. The van der Waals surface area contributed by atoms with Crippen LogP contribution in [0, 0.1) is 0 Å². The summed E-state index contributed by atoms with van der Waals surface area (Å²) < 4.78 is 10.6. The van der Waals surface area contributed by atoms with Crippen LogP contribution in [0.15, 0.2) is 42.5 Å². The summed E-state index contributed by atoms with van der Waals surface area (Å²) in [5.41, 5.74) is 3.21. The van der Waals surface area contributed by atoms with Crippen LogP contribution in [-0.4, -0.2) is 61.2 Å². The lowest BCUT2D eigenvalue weighted by Crippen LogP contribution is -2.41. The summed E-state index contributed by atoms with van der Waals surface area (Å²) in [5, 5.41) is 3.03. The zero-order valence-corrected chi connectivity index (χ0v) is 18.2. The minimum absolute atomic E-state index is 0.0719. The molecule has 1 fully saturated rings. The number of H-pyrrole nitrogens is 1. The highest BCUT2D eigenvalue weighted by atomic mass is 16.5.